The van der Waals surface area contributed by atoms with Gasteiger partial charge in [0.15, 0.2) is 0 Å². The van der Waals surface area contributed by atoms with Crippen LogP contribution < -0.4 is 10.6 Å². The zero-order valence-electron chi connectivity index (χ0n) is 27.9. The number of hydrogen-bond acceptors (Lipinski definition) is 10. The summed E-state index contributed by atoms with van der Waals surface area (Å²) in [6.07, 6.45) is 0. The van der Waals surface area contributed by atoms with Crippen molar-refractivity contribution in [1.82, 2.24) is 30.4 Å². The Morgan fingerprint density at radius 3 is 1.26 bits per heavy atom. The third-order valence-electron chi connectivity index (χ3n) is 8.28. The maximum atomic E-state index is 13.6. The summed E-state index contributed by atoms with van der Waals surface area (Å²) in [6, 6.07) is 14.3. The Balaban J connectivity index is 1.08. The largest absolute Gasteiger partial charge is 0.369 e. The van der Waals surface area contributed by atoms with Crippen LogP contribution in [-0.4, -0.2) is 78.2 Å². The molecule has 0 unspecified atom stereocenters. The first kappa shape index (κ1) is 35.6. The van der Waals surface area contributed by atoms with Crippen molar-refractivity contribution in [3.8, 4) is 0 Å². The van der Waals surface area contributed by atoms with E-state index in [0.29, 0.717) is 30.9 Å². The molecule has 50 heavy (non-hydrogen) atoms. The number of nitrogens with one attached hydrogen (secondary N) is 2. The summed E-state index contributed by atoms with van der Waals surface area (Å²) in [7, 11) is 0. The Hall–Kier alpha value is -4.24. The summed E-state index contributed by atoms with van der Waals surface area (Å²) in [6.45, 7) is 8.65. The lowest BCUT2D eigenvalue weighted by Crippen LogP contribution is -2.46. The molecular formula is C36H34N6O4S4. The number of benzene rings is 2. The van der Waals surface area contributed by atoms with Crippen LogP contribution >= 0.6 is 48.0 Å². The Kier molecular flexibility index (Phi) is 10.6. The molecule has 0 saturated heterocycles. The second kappa shape index (κ2) is 14.9. The first-order valence-electron chi connectivity index (χ1n) is 15.9. The zero-order chi connectivity index (χ0) is 35.7. The molecule has 0 fully saturated rings. The molecule has 2 N–H and O–H groups in total. The second-order valence-electron chi connectivity index (χ2n) is 12.2. The molecule has 2 aliphatic heterocycles. The maximum absolute atomic E-state index is 13.6. The van der Waals surface area contributed by atoms with Crippen molar-refractivity contribution in [3.63, 3.8) is 0 Å². The molecule has 0 aliphatic carbocycles. The predicted molar refractivity (Wildman–Crippen MR) is 206 cm³/mol. The van der Waals surface area contributed by atoms with E-state index in [9.17, 15) is 19.2 Å². The summed E-state index contributed by atoms with van der Waals surface area (Å²) in [5.74, 6) is -0.752. The number of hydrogen-bond donors (Lipinski definition) is 2. The van der Waals surface area contributed by atoms with E-state index in [1.807, 2.05) is 52.0 Å². The molecule has 0 atom stereocenters. The quantitative estimate of drug-likeness (QED) is 0.154. The Labute approximate surface area is 309 Å². The van der Waals surface area contributed by atoms with Gasteiger partial charge in [0.25, 0.3) is 23.6 Å². The van der Waals surface area contributed by atoms with Crippen LogP contribution in [-0.2, 0) is 11.5 Å². The predicted octanol–water partition coefficient (Wildman–Crippen LogP) is 5.67. The van der Waals surface area contributed by atoms with Gasteiger partial charge in [-0.25, -0.2) is 0 Å². The molecule has 0 radical (unpaired) electrons. The summed E-state index contributed by atoms with van der Waals surface area (Å²) < 4.78 is 1.07. The number of carbonyl (C=O) groups is 4. The van der Waals surface area contributed by atoms with Gasteiger partial charge in [-0.1, -0.05) is 48.0 Å². The van der Waals surface area contributed by atoms with Crippen LogP contribution in [0.5, 0.6) is 0 Å². The number of pyridine rings is 2. The highest BCUT2D eigenvalue weighted by molar-refractivity contribution is 8.22. The Bertz CT molecular complexity index is 1860. The SMILES string of the molecule is Cc1cc(C)nc(CSC(=S)NCCN2C(=O)c3ccc4c5c(ccc(c35)C2=O)C(=O)N(CCNC(=S)SCc2cc(C)cc(C)n2)C4=O)c1. The van der Waals surface area contributed by atoms with E-state index in [1.54, 1.807) is 24.3 Å². The van der Waals surface area contributed by atoms with E-state index in [0.717, 1.165) is 33.9 Å². The Morgan fingerprint density at radius 2 is 0.940 bits per heavy atom. The molecule has 2 aromatic carbocycles. The number of imide groups is 2. The van der Waals surface area contributed by atoms with Gasteiger partial charge in [-0.15, -0.1) is 0 Å². The summed E-state index contributed by atoms with van der Waals surface area (Å²) in [5, 5.41) is 6.92. The normalized spacial score (nSPS) is 13.7. The first-order chi connectivity index (χ1) is 23.9. The zero-order valence-corrected chi connectivity index (χ0v) is 31.2. The molecule has 0 saturated carbocycles. The number of rotatable bonds is 10. The number of nitrogens with zero attached hydrogens (tertiary/aromatic N) is 4. The minimum atomic E-state index is -0.487. The fourth-order valence-corrected chi connectivity index (χ4v) is 8.12. The van der Waals surface area contributed by atoms with Crippen LogP contribution in [0.1, 0.15) is 75.3 Å². The molecule has 2 aliphatic rings. The van der Waals surface area contributed by atoms with Gasteiger partial charge in [0, 0.05) is 82.1 Å². The lowest BCUT2D eigenvalue weighted by atomic mass is 9.86. The van der Waals surface area contributed by atoms with E-state index >= 15 is 0 Å². The smallest absolute Gasteiger partial charge is 0.261 e. The highest BCUT2D eigenvalue weighted by atomic mass is 32.2. The van der Waals surface area contributed by atoms with Gasteiger partial charge in [-0.2, -0.15) is 0 Å². The molecule has 14 heteroatoms. The fraction of sp³-hybridized carbons (Fsp3) is 0.278. The summed E-state index contributed by atoms with van der Waals surface area (Å²) in [5.41, 5.74) is 7.09. The topological polar surface area (TPSA) is 125 Å². The fourth-order valence-electron chi connectivity index (χ4n) is 6.30. The standard InChI is InChI=1S/C36H34N6O4S4/c1-19-13-21(3)39-23(15-19)17-49-35(47)37-9-11-41-31(43)25-5-7-27-30-28(8-6-26(29(25)30)32(41)44)34(46)42(33(27)45)12-10-38-36(48)50-18-24-16-20(2)14-22(4)40-24/h5-8,13-16H,9-12,17-18H2,1-4H3,(H,37,47)(H,38,48). The lowest BCUT2D eigenvalue weighted by molar-refractivity contribution is 0.0592. The number of amides is 4. The van der Waals surface area contributed by atoms with Crippen molar-refractivity contribution in [1.29, 1.82) is 0 Å². The van der Waals surface area contributed by atoms with Crippen LogP contribution in [0.25, 0.3) is 10.8 Å². The van der Waals surface area contributed by atoms with Gasteiger partial charge in [0.2, 0.25) is 0 Å². The molecule has 4 heterocycles. The lowest BCUT2D eigenvalue weighted by Gasteiger charge is -2.32. The number of thioether (sulfide) groups is 2. The van der Waals surface area contributed by atoms with Gasteiger partial charge in [-0.3, -0.25) is 38.9 Å². The van der Waals surface area contributed by atoms with Gasteiger partial charge in [0.1, 0.15) is 8.64 Å². The van der Waals surface area contributed by atoms with E-state index in [2.05, 4.69) is 20.6 Å². The third-order valence-corrected chi connectivity index (χ3v) is 11.0. The van der Waals surface area contributed by atoms with Crippen molar-refractivity contribution >= 4 is 91.0 Å². The van der Waals surface area contributed by atoms with Crippen molar-refractivity contribution in [2.75, 3.05) is 26.2 Å². The molecule has 4 amide bonds. The van der Waals surface area contributed by atoms with Crippen molar-refractivity contribution in [2.45, 2.75) is 39.2 Å². The van der Waals surface area contributed by atoms with Crippen LogP contribution in [0.4, 0.5) is 0 Å². The molecule has 6 rings (SSSR count). The van der Waals surface area contributed by atoms with Gasteiger partial charge in [0.05, 0.1) is 11.4 Å². The molecule has 4 aromatic rings. The van der Waals surface area contributed by atoms with Gasteiger partial charge in [-0.05, 0) is 87.4 Å². The monoisotopic (exact) mass is 742 g/mol. The van der Waals surface area contributed by atoms with E-state index in [4.69, 9.17) is 24.4 Å². The first-order valence-corrected chi connectivity index (χ1v) is 18.7. The molecule has 10 nitrogen and oxygen atoms in total. The van der Waals surface area contributed by atoms with Crippen molar-refractivity contribution in [2.24, 2.45) is 0 Å². The minimum absolute atomic E-state index is 0.0878. The average Bonchev–Trinajstić information content (AvgIpc) is 3.06. The van der Waals surface area contributed by atoms with Crippen molar-refractivity contribution < 1.29 is 19.2 Å². The number of aryl methyl sites for hydroxylation is 4. The molecule has 0 spiro atoms. The van der Waals surface area contributed by atoms with Crippen LogP contribution in [0.3, 0.4) is 0 Å². The molecule has 2 aromatic heterocycles. The van der Waals surface area contributed by atoms with Crippen LogP contribution in [0.2, 0.25) is 0 Å². The van der Waals surface area contributed by atoms with Gasteiger partial charge >= 0.3 is 0 Å². The maximum Gasteiger partial charge on any atom is 0.261 e. The number of thiocarbonyl (C=S) groups is 2. The summed E-state index contributed by atoms with van der Waals surface area (Å²) >= 11 is 13.8. The average molecular weight is 743 g/mol. The number of aromatic nitrogens is 2. The van der Waals surface area contributed by atoms with Crippen LogP contribution in [0.15, 0.2) is 48.5 Å². The Morgan fingerprint density at radius 1 is 0.600 bits per heavy atom. The summed E-state index contributed by atoms with van der Waals surface area (Å²) in [4.78, 5) is 65.9. The van der Waals surface area contributed by atoms with E-state index in [1.165, 1.54) is 33.3 Å². The second-order valence-corrected chi connectivity index (χ2v) is 15.5. The molecule has 256 valence electrons. The molecular weight excluding hydrogens is 709 g/mol. The van der Waals surface area contributed by atoms with Crippen molar-refractivity contribution in [3.05, 3.63) is 105 Å². The highest BCUT2D eigenvalue weighted by Crippen LogP contribution is 2.37. The van der Waals surface area contributed by atoms with Gasteiger partial charge < -0.3 is 10.6 Å². The van der Waals surface area contributed by atoms with E-state index < -0.39 is 23.6 Å². The van der Waals surface area contributed by atoms with E-state index in [-0.39, 0.29) is 48.4 Å². The molecule has 0 bridgehead atoms. The minimum Gasteiger partial charge on any atom is -0.369 e. The highest BCUT2D eigenvalue weighted by Gasteiger charge is 2.39. The third kappa shape index (κ3) is 7.43. The van der Waals surface area contributed by atoms with Crippen LogP contribution in [0, 0.1) is 27.7 Å². The number of carbonyl (C=O) groups excluding carboxylic acids is 4.